The summed E-state index contributed by atoms with van der Waals surface area (Å²) in [7, 11) is 0. The molecule has 2 rings (SSSR count). The zero-order valence-corrected chi connectivity index (χ0v) is 11.3. The van der Waals surface area contributed by atoms with E-state index in [9.17, 15) is 22.8 Å². The van der Waals surface area contributed by atoms with Gasteiger partial charge in [-0.05, 0) is 31.0 Å². The van der Waals surface area contributed by atoms with Crippen LogP contribution in [0.25, 0.3) is 0 Å². The summed E-state index contributed by atoms with van der Waals surface area (Å²) in [5.41, 5.74) is -1.55. The molecule has 1 aliphatic heterocycles. The fourth-order valence-electron chi connectivity index (χ4n) is 2.03. The van der Waals surface area contributed by atoms with Gasteiger partial charge in [-0.1, -0.05) is 12.1 Å². The van der Waals surface area contributed by atoms with Crippen LogP contribution in [0.2, 0.25) is 0 Å². The number of carbonyl (C=O) groups is 2. The maximum absolute atomic E-state index is 12.4. The molecule has 0 unspecified atom stereocenters. The molecule has 0 aromatic heterocycles. The number of amides is 1. The lowest BCUT2D eigenvalue weighted by atomic mass is 9.89. The number of esters is 1. The highest BCUT2D eigenvalue weighted by Crippen LogP contribution is 2.30. The smallest absolute Gasteiger partial charge is 0.416 e. The van der Waals surface area contributed by atoms with E-state index < -0.39 is 23.1 Å². The van der Waals surface area contributed by atoms with E-state index in [4.69, 9.17) is 4.74 Å². The molecule has 0 radical (unpaired) electrons. The quantitative estimate of drug-likeness (QED) is 0.688. The second-order valence-corrected chi connectivity index (χ2v) is 5.11. The van der Waals surface area contributed by atoms with E-state index in [0.717, 1.165) is 12.1 Å². The minimum atomic E-state index is -4.40. The maximum atomic E-state index is 12.4. The molecular weight excluding hydrogens is 287 g/mol. The van der Waals surface area contributed by atoms with E-state index in [2.05, 4.69) is 5.32 Å². The van der Waals surface area contributed by atoms with Crippen LogP contribution in [-0.4, -0.2) is 18.4 Å². The third-order valence-electron chi connectivity index (χ3n) is 3.51. The van der Waals surface area contributed by atoms with Gasteiger partial charge in [0.1, 0.15) is 12.0 Å². The van der Waals surface area contributed by atoms with Gasteiger partial charge in [-0.25, -0.2) is 0 Å². The number of hydrogen-bond acceptors (Lipinski definition) is 3. The molecule has 0 aliphatic carbocycles. The van der Waals surface area contributed by atoms with Gasteiger partial charge in [-0.3, -0.25) is 9.59 Å². The number of halogens is 3. The molecule has 1 aromatic carbocycles. The molecule has 7 heteroatoms. The zero-order chi connectivity index (χ0) is 15.7. The van der Waals surface area contributed by atoms with Crippen molar-refractivity contribution in [3.05, 3.63) is 35.4 Å². The van der Waals surface area contributed by atoms with Crippen molar-refractivity contribution >= 4 is 11.9 Å². The number of rotatable bonds is 3. The molecule has 1 amide bonds. The lowest BCUT2D eigenvalue weighted by molar-refractivity contribution is -0.159. The van der Waals surface area contributed by atoms with Crippen LogP contribution in [0.15, 0.2) is 24.3 Å². The molecule has 114 valence electrons. The Balaban J connectivity index is 1.97. The Morgan fingerprint density at radius 3 is 2.43 bits per heavy atom. The summed E-state index contributed by atoms with van der Waals surface area (Å²) in [4.78, 5) is 23.5. The van der Waals surface area contributed by atoms with Crippen LogP contribution in [0.1, 0.15) is 24.5 Å². The van der Waals surface area contributed by atoms with E-state index in [1.54, 1.807) is 0 Å². The van der Waals surface area contributed by atoms with Crippen LogP contribution in [0.3, 0.4) is 0 Å². The predicted octanol–water partition coefficient (Wildman–Crippen LogP) is 2.27. The molecule has 21 heavy (non-hydrogen) atoms. The van der Waals surface area contributed by atoms with Crippen LogP contribution in [0.5, 0.6) is 0 Å². The number of carbonyl (C=O) groups excluding carboxylic acids is 2. The van der Waals surface area contributed by atoms with Crippen molar-refractivity contribution in [1.29, 1.82) is 0 Å². The summed E-state index contributed by atoms with van der Waals surface area (Å²) >= 11 is 0. The lowest BCUT2D eigenvalue weighted by Crippen LogP contribution is -2.37. The monoisotopic (exact) mass is 301 g/mol. The van der Waals surface area contributed by atoms with Crippen molar-refractivity contribution < 1.29 is 27.5 Å². The van der Waals surface area contributed by atoms with E-state index in [1.165, 1.54) is 19.1 Å². The van der Waals surface area contributed by atoms with Gasteiger partial charge in [0.15, 0.2) is 0 Å². The topological polar surface area (TPSA) is 55.4 Å². The number of alkyl halides is 3. The lowest BCUT2D eigenvalue weighted by Gasteiger charge is -2.18. The molecule has 0 spiro atoms. The molecule has 1 N–H and O–H groups in total. The van der Waals surface area contributed by atoms with E-state index in [1.807, 2.05) is 0 Å². The van der Waals surface area contributed by atoms with Gasteiger partial charge >= 0.3 is 12.1 Å². The van der Waals surface area contributed by atoms with Gasteiger partial charge in [0.25, 0.3) is 0 Å². The van der Waals surface area contributed by atoms with Crippen LogP contribution in [-0.2, 0) is 27.1 Å². The van der Waals surface area contributed by atoms with E-state index in [0.29, 0.717) is 18.5 Å². The minimum Gasteiger partial charge on any atom is -0.460 e. The SMILES string of the molecule is C[C@]1(C(=O)OCc2ccc(C(F)(F)F)cc2)CCNC1=O. The van der Waals surface area contributed by atoms with Gasteiger partial charge in [0, 0.05) is 6.54 Å². The summed E-state index contributed by atoms with van der Waals surface area (Å²) in [5.74, 6) is -1.06. The zero-order valence-electron chi connectivity index (χ0n) is 11.3. The molecule has 0 saturated carbocycles. The van der Waals surface area contributed by atoms with Gasteiger partial charge < -0.3 is 10.1 Å². The van der Waals surface area contributed by atoms with Gasteiger partial charge in [-0.15, -0.1) is 0 Å². The number of ether oxygens (including phenoxy) is 1. The Labute approximate surface area is 119 Å². The molecule has 0 bridgehead atoms. The average Bonchev–Trinajstić information content (AvgIpc) is 2.77. The van der Waals surface area contributed by atoms with Crippen LogP contribution >= 0.6 is 0 Å². The van der Waals surface area contributed by atoms with Crippen molar-refractivity contribution in [2.75, 3.05) is 6.54 Å². The molecule has 1 saturated heterocycles. The highest BCUT2D eigenvalue weighted by Gasteiger charge is 2.46. The highest BCUT2D eigenvalue weighted by molar-refractivity contribution is 6.03. The minimum absolute atomic E-state index is 0.167. The first-order valence-electron chi connectivity index (χ1n) is 6.35. The molecular formula is C14H14F3NO3. The average molecular weight is 301 g/mol. The van der Waals surface area contributed by atoms with E-state index in [-0.39, 0.29) is 12.5 Å². The third kappa shape index (κ3) is 3.17. The Hall–Kier alpha value is -2.05. The standard InChI is InChI=1S/C14H14F3NO3/c1-13(6-7-18-11(13)19)12(20)21-8-9-2-4-10(5-3-9)14(15,16)17/h2-5H,6-8H2,1H3,(H,18,19)/t13-/m0/s1. The van der Waals surface area contributed by atoms with Crippen molar-refractivity contribution in [1.82, 2.24) is 5.32 Å². The normalized spacial score (nSPS) is 22.0. The summed E-state index contributed by atoms with van der Waals surface area (Å²) < 4.78 is 42.2. The van der Waals surface area contributed by atoms with Crippen LogP contribution in [0.4, 0.5) is 13.2 Å². The third-order valence-corrected chi connectivity index (χ3v) is 3.51. The second kappa shape index (κ2) is 5.38. The Morgan fingerprint density at radius 1 is 1.33 bits per heavy atom. The first kappa shape index (κ1) is 15.3. The van der Waals surface area contributed by atoms with E-state index >= 15 is 0 Å². The maximum Gasteiger partial charge on any atom is 0.416 e. The summed E-state index contributed by atoms with van der Waals surface area (Å²) in [5, 5.41) is 2.55. The largest absolute Gasteiger partial charge is 0.460 e. The number of hydrogen-bond donors (Lipinski definition) is 1. The first-order valence-corrected chi connectivity index (χ1v) is 6.35. The first-order chi connectivity index (χ1) is 9.73. The van der Waals surface area contributed by atoms with Crippen LogP contribution < -0.4 is 5.32 Å². The predicted molar refractivity (Wildman–Crippen MR) is 67.0 cm³/mol. The van der Waals surface area contributed by atoms with Crippen molar-refractivity contribution in [2.45, 2.75) is 26.1 Å². The van der Waals surface area contributed by atoms with Crippen molar-refractivity contribution in [2.24, 2.45) is 5.41 Å². The Bertz CT molecular complexity index is 554. The van der Waals surface area contributed by atoms with Gasteiger partial charge in [-0.2, -0.15) is 13.2 Å². The Morgan fingerprint density at radius 2 is 1.95 bits per heavy atom. The molecule has 1 fully saturated rings. The van der Waals surface area contributed by atoms with Crippen molar-refractivity contribution in [3.63, 3.8) is 0 Å². The summed E-state index contributed by atoms with van der Waals surface area (Å²) in [6.07, 6.45) is -4.05. The molecule has 1 aromatic rings. The summed E-state index contributed by atoms with van der Waals surface area (Å²) in [6.45, 7) is 1.73. The fraction of sp³-hybridized carbons (Fsp3) is 0.429. The highest BCUT2D eigenvalue weighted by atomic mass is 19.4. The molecule has 1 aliphatic rings. The summed E-state index contributed by atoms with van der Waals surface area (Å²) in [6, 6.07) is 4.33. The molecule has 1 heterocycles. The Kier molecular flexibility index (Phi) is 3.93. The van der Waals surface area contributed by atoms with Crippen LogP contribution in [0, 0.1) is 5.41 Å². The number of nitrogens with one attached hydrogen (secondary N) is 1. The molecule has 1 atom stereocenters. The number of benzene rings is 1. The van der Waals surface area contributed by atoms with Crippen molar-refractivity contribution in [3.8, 4) is 0 Å². The fourth-order valence-corrected chi connectivity index (χ4v) is 2.03. The van der Waals surface area contributed by atoms with Gasteiger partial charge in [0.2, 0.25) is 5.91 Å². The molecule has 4 nitrogen and oxygen atoms in total. The second-order valence-electron chi connectivity index (χ2n) is 5.11. The van der Waals surface area contributed by atoms with Gasteiger partial charge in [0.05, 0.1) is 5.56 Å².